The summed E-state index contributed by atoms with van der Waals surface area (Å²) in [5.74, 6) is 2.93. The Labute approximate surface area is 65.0 Å². The molecule has 1 fully saturated rings. The maximum atomic E-state index is 2.42. The van der Waals surface area contributed by atoms with Gasteiger partial charge in [-0.1, -0.05) is 40.0 Å². The minimum absolute atomic E-state index is 0.912. The third-order valence-electron chi connectivity index (χ3n) is 3.03. The summed E-state index contributed by atoms with van der Waals surface area (Å²) in [6, 6.07) is 0. The smallest absolute Gasteiger partial charge is 0.0365 e. The van der Waals surface area contributed by atoms with E-state index in [1.54, 1.807) is 0 Å². The van der Waals surface area contributed by atoms with Crippen LogP contribution in [0.3, 0.4) is 0 Å². The maximum absolute atomic E-state index is 2.42. The Morgan fingerprint density at radius 2 is 1.70 bits per heavy atom. The van der Waals surface area contributed by atoms with Crippen molar-refractivity contribution in [2.24, 2.45) is 17.8 Å². The van der Waals surface area contributed by atoms with Crippen molar-refractivity contribution in [3.05, 3.63) is 0 Å². The van der Waals surface area contributed by atoms with Crippen LogP contribution in [0, 0.1) is 17.8 Å². The summed E-state index contributed by atoms with van der Waals surface area (Å²) in [4.78, 5) is 0. The van der Waals surface area contributed by atoms with Crippen LogP contribution in [0.1, 0.15) is 46.5 Å². The minimum Gasteiger partial charge on any atom is -0.0625 e. The lowest BCUT2D eigenvalue weighted by Gasteiger charge is -2.31. The largest absolute Gasteiger partial charge is 0.0625 e. The molecule has 0 heterocycles. The standard InChI is InChI=1S/C10H20/c1-8(2)10-7-5-4-6-9(10)3/h8-10H,4-7H2,1-3H3/t9-,10?/m1/s1. The fraction of sp³-hybridized carbons (Fsp3) is 1.00. The van der Waals surface area contributed by atoms with E-state index in [0.717, 1.165) is 17.8 Å². The summed E-state index contributed by atoms with van der Waals surface area (Å²) in [6.07, 6.45) is 5.92. The van der Waals surface area contributed by atoms with E-state index in [4.69, 9.17) is 0 Å². The number of hydrogen-bond acceptors (Lipinski definition) is 0. The average molecular weight is 140 g/mol. The molecule has 1 aliphatic rings. The Morgan fingerprint density at radius 1 is 1.10 bits per heavy atom. The maximum Gasteiger partial charge on any atom is -0.0365 e. The summed E-state index contributed by atoms with van der Waals surface area (Å²) in [7, 11) is 0. The molecule has 60 valence electrons. The van der Waals surface area contributed by atoms with E-state index in [2.05, 4.69) is 20.8 Å². The molecule has 0 radical (unpaired) electrons. The van der Waals surface area contributed by atoms with Crippen LogP contribution in [0.4, 0.5) is 0 Å². The zero-order chi connectivity index (χ0) is 7.56. The van der Waals surface area contributed by atoms with E-state index >= 15 is 0 Å². The Hall–Kier alpha value is 0. The molecule has 0 aliphatic heterocycles. The molecule has 0 spiro atoms. The SMILES string of the molecule is CC(C)C1CCCC[C@H]1C. The van der Waals surface area contributed by atoms with Gasteiger partial charge in [0.2, 0.25) is 0 Å². The second kappa shape index (κ2) is 3.41. The van der Waals surface area contributed by atoms with Gasteiger partial charge in [0, 0.05) is 0 Å². The Morgan fingerprint density at radius 3 is 2.10 bits per heavy atom. The molecule has 1 unspecified atom stereocenters. The average Bonchev–Trinajstić information content (AvgIpc) is 1.88. The quantitative estimate of drug-likeness (QED) is 0.523. The summed E-state index contributed by atoms with van der Waals surface area (Å²) in [6.45, 7) is 7.16. The molecular formula is C10H20. The highest BCUT2D eigenvalue weighted by Crippen LogP contribution is 2.34. The minimum atomic E-state index is 0.912. The summed E-state index contributed by atoms with van der Waals surface area (Å²) >= 11 is 0. The molecule has 0 N–H and O–H groups in total. The van der Waals surface area contributed by atoms with Crippen LogP contribution in [0.15, 0.2) is 0 Å². The molecule has 0 nitrogen and oxygen atoms in total. The second-order valence-corrected chi connectivity index (χ2v) is 4.17. The lowest BCUT2D eigenvalue weighted by molar-refractivity contribution is 0.196. The van der Waals surface area contributed by atoms with Gasteiger partial charge in [-0.15, -0.1) is 0 Å². The van der Waals surface area contributed by atoms with Crippen LogP contribution in [0.2, 0.25) is 0 Å². The van der Waals surface area contributed by atoms with Gasteiger partial charge in [-0.05, 0) is 24.2 Å². The molecular weight excluding hydrogens is 120 g/mol. The summed E-state index contributed by atoms with van der Waals surface area (Å²) in [5, 5.41) is 0. The molecule has 0 amide bonds. The molecule has 0 saturated heterocycles. The monoisotopic (exact) mass is 140 g/mol. The van der Waals surface area contributed by atoms with Crippen LogP contribution in [-0.2, 0) is 0 Å². The fourth-order valence-electron chi connectivity index (χ4n) is 2.34. The van der Waals surface area contributed by atoms with Gasteiger partial charge in [-0.25, -0.2) is 0 Å². The summed E-state index contributed by atoms with van der Waals surface area (Å²) < 4.78 is 0. The van der Waals surface area contributed by atoms with Crippen molar-refractivity contribution >= 4 is 0 Å². The third-order valence-corrected chi connectivity index (χ3v) is 3.03. The van der Waals surface area contributed by atoms with Crippen molar-refractivity contribution < 1.29 is 0 Å². The van der Waals surface area contributed by atoms with E-state index < -0.39 is 0 Å². The van der Waals surface area contributed by atoms with Gasteiger partial charge < -0.3 is 0 Å². The second-order valence-electron chi connectivity index (χ2n) is 4.17. The lowest BCUT2D eigenvalue weighted by atomic mass is 9.75. The molecule has 1 aliphatic carbocycles. The van der Waals surface area contributed by atoms with Gasteiger partial charge in [0.1, 0.15) is 0 Å². The number of rotatable bonds is 1. The van der Waals surface area contributed by atoms with E-state index in [0.29, 0.717) is 0 Å². The highest BCUT2D eigenvalue weighted by atomic mass is 14.3. The van der Waals surface area contributed by atoms with Crippen LogP contribution < -0.4 is 0 Å². The van der Waals surface area contributed by atoms with Crippen LogP contribution >= 0.6 is 0 Å². The first kappa shape index (κ1) is 8.10. The molecule has 0 heteroatoms. The molecule has 2 atom stereocenters. The zero-order valence-corrected chi connectivity index (χ0v) is 7.56. The van der Waals surface area contributed by atoms with E-state index in [-0.39, 0.29) is 0 Å². The van der Waals surface area contributed by atoms with Gasteiger partial charge in [-0.2, -0.15) is 0 Å². The first-order chi connectivity index (χ1) is 4.72. The fourth-order valence-corrected chi connectivity index (χ4v) is 2.34. The van der Waals surface area contributed by atoms with Crippen LogP contribution in [0.25, 0.3) is 0 Å². The Kier molecular flexibility index (Phi) is 2.76. The van der Waals surface area contributed by atoms with Gasteiger partial charge in [-0.3, -0.25) is 0 Å². The van der Waals surface area contributed by atoms with E-state index in [9.17, 15) is 0 Å². The highest BCUT2D eigenvalue weighted by molar-refractivity contribution is 4.74. The van der Waals surface area contributed by atoms with Crippen LogP contribution in [-0.4, -0.2) is 0 Å². The first-order valence-electron chi connectivity index (χ1n) is 4.72. The molecule has 0 aromatic heterocycles. The third kappa shape index (κ3) is 1.74. The van der Waals surface area contributed by atoms with Gasteiger partial charge >= 0.3 is 0 Å². The van der Waals surface area contributed by atoms with Gasteiger partial charge in [0.15, 0.2) is 0 Å². The van der Waals surface area contributed by atoms with Crippen molar-refractivity contribution in [2.75, 3.05) is 0 Å². The Bertz CT molecular complexity index is 94.2. The van der Waals surface area contributed by atoms with Gasteiger partial charge in [0.05, 0.1) is 0 Å². The van der Waals surface area contributed by atoms with E-state index in [1.807, 2.05) is 0 Å². The topological polar surface area (TPSA) is 0 Å². The van der Waals surface area contributed by atoms with Crippen molar-refractivity contribution in [2.45, 2.75) is 46.5 Å². The molecule has 0 bridgehead atoms. The first-order valence-corrected chi connectivity index (χ1v) is 4.72. The van der Waals surface area contributed by atoms with Crippen molar-refractivity contribution in [1.82, 2.24) is 0 Å². The predicted octanol–water partition coefficient (Wildman–Crippen LogP) is 3.47. The highest BCUT2D eigenvalue weighted by Gasteiger charge is 2.23. The van der Waals surface area contributed by atoms with Crippen LogP contribution in [0.5, 0.6) is 0 Å². The summed E-state index contributed by atoms with van der Waals surface area (Å²) in [5.41, 5.74) is 0. The van der Waals surface area contributed by atoms with Crippen molar-refractivity contribution in [3.63, 3.8) is 0 Å². The molecule has 0 aromatic rings. The molecule has 1 saturated carbocycles. The normalized spacial score (nSPS) is 34.8. The Balaban J connectivity index is 2.40. The van der Waals surface area contributed by atoms with Crippen molar-refractivity contribution in [1.29, 1.82) is 0 Å². The molecule has 10 heavy (non-hydrogen) atoms. The number of hydrogen-bond donors (Lipinski definition) is 0. The predicted molar refractivity (Wildman–Crippen MR) is 46.0 cm³/mol. The molecule has 0 aromatic carbocycles. The van der Waals surface area contributed by atoms with E-state index in [1.165, 1.54) is 25.7 Å². The lowest BCUT2D eigenvalue weighted by Crippen LogP contribution is -2.21. The van der Waals surface area contributed by atoms with Crippen molar-refractivity contribution in [3.8, 4) is 0 Å². The van der Waals surface area contributed by atoms with Gasteiger partial charge in [0.25, 0.3) is 0 Å². The zero-order valence-electron chi connectivity index (χ0n) is 7.56. The molecule has 1 rings (SSSR count).